The highest BCUT2D eigenvalue weighted by molar-refractivity contribution is 7.88. The quantitative estimate of drug-likeness (QED) is 0.403. The number of nitrogens with zero attached hydrogens (tertiary/aromatic N) is 1. The number of amides is 1. The molecule has 0 saturated heterocycles. The van der Waals surface area contributed by atoms with Gasteiger partial charge in [-0.05, 0) is 23.6 Å². The molecule has 0 aliphatic carbocycles. The van der Waals surface area contributed by atoms with Crippen molar-refractivity contribution in [2.45, 2.75) is 12.1 Å². The maximum Gasteiger partial charge on any atom is 0.534 e. The minimum Gasteiger partial charge on any atom is -0.374 e. The Hall–Kier alpha value is -3.03. The van der Waals surface area contributed by atoms with E-state index in [9.17, 15) is 26.4 Å². The smallest absolute Gasteiger partial charge is 0.374 e. The number of methoxy groups -OCH3 is 1. The minimum absolute atomic E-state index is 0.0362. The molecule has 0 aliphatic heterocycles. The SMILES string of the molecule is COCC#CC(=O)N(Cc1ccccc1)c1ccccc1OS(=O)(=O)C(F)(F)F. The second-order valence-electron chi connectivity index (χ2n) is 5.56. The van der Waals surface area contributed by atoms with Crippen LogP contribution in [0.3, 0.4) is 0 Å². The third-order valence-corrected chi connectivity index (χ3v) is 4.45. The Bertz CT molecular complexity index is 1010. The zero-order chi connectivity index (χ0) is 21.5. The molecular weight excluding hydrogens is 411 g/mol. The fourth-order valence-corrected chi connectivity index (χ4v) is 2.67. The molecule has 0 atom stereocenters. The molecule has 29 heavy (non-hydrogen) atoms. The fourth-order valence-electron chi connectivity index (χ4n) is 2.20. The summed E-state index contributed by atoms with van der Waals surface area (Å²) in [6.45, 7) is -0.112. The number of rotatable bonds is 6. The van der Waals surface area contributed by atoms with E-state index in [1.54, 1.807) is 30.3 Å². The van der Waals surface area contributed by atoms with Crippen LogP contribution in [-0.2, 0) is 26.2 Å². The second-order valence-corrected chi connectivity index (χ2v) is 7.10. The van der Waals surface area contributed by atoms with Crippen molar-refractivity contribution in [1.29, 1.82) is 0 Å². The molecule has 0 heterocycles. The highest BCUT2D eigenvalue weighted by atomic mass is 32.2. The zero-order valence-corrected chi connectivity index (χ0v) is 16.0. The molecule has 2 aromatic carbocycles. The molecule has 154 valence electrons. The maximum atomic E-state index is 12.7. The van der Waals surface area contributed by atoms with Crippen LogP contribution >= 0.6 is 0 Å². The third kappa shape index (κ3) is 5.97. The molecular formula is C19H16F3NO5S. The van der Waals surface area contributed by atoms with E-state index in [1.165, 1.54) is 25.3 Å². The van der Waals surface area contributed by atoms with E-state index in [4.69, 9.17) is 4.74 Å². The summed E-state index contributed by atoms with van der Waals surface area (Å²) in [6.07, 6.45) is 0. The van der Waals surface area contributed by atoms with E-state index in [2.05, 4.69) is 16.0 Å². The van der Waals surface area contributed by atoms with Gasteiger partial charge in [0, 0.05) is 7.11 Å². The number of carbonyl (C=O) groups excluding carboxylic acids is 1. The van der Waals surface area contributed by atoms with Gasteiger partial charge in [0.05, 0.1) is 12.2 Å². The van der Waals surface area contributed by atoms with Crippen LogP contribution in [0.4, 0.5) is 18.9 Å². The Morgan fingerprint density at radius 1 is 1.07 bits per heavy atom. The van der Waals surface area contributed by atoms with Crippen molar-refractivity contribution in [3.8, 4) is 17.6 Å². The summed E-state index contributed by atoms with van der Waals surface area (Å²) in [6, 6.07) is 13.6. The highest BCUT2D eigenvalue weighted by Crippen LogP contribution is 2.34. The van der Waals surface area contributed by atoms with E-state index in [1.807, 2.05) is 0 Å². The number of anilines is 1. The fraction of sp³-hybridized carbons (Fsp3) is 0.211. The van der Waals surface area contributed by atoms with E-state index in [-0.39, 0.29) is 18.8 Å². The maximum absolute atomic E-state index is 12.7. The van der Waals surface area contributed by atoms with Gasteiger partial charge in [0.25, 0.3) is 0 Å². The predicted octanol–water partition coefficient (Wildman–Crippen LogP) is 3.10. The Labute approximate surface area is 166 Å². The van der Waals surface area contributed by atoms with E-state index in [0.29, 0.717) is 5.56 Å². The van der Waals surface area contributed by atoms with E-state index in [0.717, 1.165) is 11.0 Å². The zero-order valence-electron chi connectivity index (χ0n) is 15.1. The van der Waals surface area contributed by atoms with Crippen molar-refractivity contribution in [2.75, 3.05) is 18.6 Å². The molecule has 0 bridgehead atoms. The van der Waals surface area contributed by atoms with Crippen LogP contribution in [0.5, 0.6) is 5.75 Å². The number of halogens is 3. The largest absolute Gasteiger partial charge is 0.534 e. The lowest BCUT2D eigenvalue weighted by Crippen LogP contribution is -2.32. The number of alkyl halides is 3. The molecule has 6 nitrogen and oxygen atoms in total. The number of hydrogen-bond acceptors (Lipinski definition) is 5. The average Bonchev–Trinajstić information content (AvgIpc) is 2.66. The Morgan fingerprint density at radius 2 is 1.69 bits per heavy atom. The van der Waals surface area contributed by atoms with Crippen molar-refractivity contribution >= 4 is 21.7 Å². The average molecular weight is 427 g/mol. The minimum atomic E-state index is -5.92. The standard InChI is InChI=1S/C19H16F3NO5S/c1-27-13-7-12-18(24)23(14-15-8-3-2-4-9-15)16-10-5-6-11-17(16)28-29(25,26)19(20,21)22/h2-6,8-11H,13-14H2,1H3. The Morgan fingerprint density at radius 3 is 2.31 bits per heavy atom. The summed E-state index contributed by atoms with van der Waals surface area (Å²) in [7, 11) is -4.54. The number of ether oxygens (including phenoxy) is 1. The van der Waals surface area contributed by atoms with E-state index < -0.39 is 27.3 Å². The molecule has 2 aromatic rings. The van der Waals surface area contributed by atoms with Gasteiger partial charge in [-0.25, -0.2) is 0 Å². The van der Waals surface area contributed by atoms with Gasteiger partial charge in [-0.15, -0.1) is 0 Å². The van der Waals surface area contributed by atoms with Crippen LogP contribution in [0.25, 0.3) is 0 Å². The van der Waals surface area contributed by atoms with Crippen molar-refractivity contribution in [2.24, 2.45) is 0 Å². The lowest BCUT2D eigenvalue weighted by molar-refractivity contribution is -0.113. The topological polar surface area (TPSA) is 72.9 Å². The van der Waals surface area contributed by atoms with Crippen LogP contribution in [0.1, 0.15) is 5.56 Å². The van der Waals surface area contributed by atoms with Gasteiger partial charge in [-0.3, -0.25) is 9.69 Å². The van der Waals surface area contributed by atoms with Crippen LogP contribution in [0.2, 0.25) is 0 Å². The third-order valence-electron chi connectivity index (χ3n) is 3.48. The first-order valence-corrected chi connectivity index (χ1v) is 9.49. The summed E-state index contributed by atoms with van der Waals surface area (Å²) < 4.78 is 70.1. The lowest BCUT2D eigenvalue weighted by atomic mass is 10.2. The molecule has 0 unspecified atom stereocenters. The second kappa shape index (κ2) is 9.45. The molecule has 0 spiro atoms. The van der Waals surface area contributed by atoms with Crippen LogP contribution in [0, 0.1) is 11.8 Å². The molecule has 0 N–H and O–H groups in total. The van der Waals surface area contributed by atoms with Gasteiger partial charge in [0.1, 0.15) is 6.61 Å². The van der Waals surface area contributed by atoms with Gasteiger partial charge in [-0.1, -0.05) is 48.4 Å². The Kier molecular flexibility index (Phi) is 7.25. The van der Waals surface area contributed by atoms with Gasteiger partial charge in [0.2, 0.25) is 0 Å². The summed E-state index contributed by atoms with van der Waals surface area (Å²) in [5, 5.41) is 0. The van der Waals surface area contributed by atoms with Crippen LogP contribution in [-0.4, -0.2) is 33.5 Å². The number of benzene rings is 2. The summed E-state index contributed by atoms with van der Waals surface area (Å²) in [5.41, 5.74) is -5.16. The number of para-hydroxylation sites is 2. The van der Waals surface area contributed by atoms with Crippen molar-refractivity contribution in [3.05, 3.63) is 60.2 Å². The first-order chi connectivity index (χ1) is 13.7. The monoisotopic (exact) mass is 427 g/mol. The van der Waals surface area contributed by atoms with Gasteiger partial charge in [-0.2, -0.15) is 21.6 Å². The van der Waals surface area contributed by atoms with Crippen molar-refractivity contribution in [1.82, 2.24) is 0 Å². The predicted molar refractivity (Wildman–Crippen MR) is 99.3 cm³/mol. The van der Waals surface area contributed by atoms with Gasteiger partial charge >= 0.3 is 21.5 Å². The van der Waals surface area contributed by atoms with Crippen LogP contribution in [0.15, 0.2) is 54.6 Å². The molecule has 1 amide bonds. The lowest BCUT2D eigenvalue weighted by Gasteiger charge is -2.23. The first kappa shape index (κ1) is 22.3. The van der Waals surface area contributed by atoms with E-state index >= 15 is 0 Å². The van der Waals surface area contributed by atoms with Crippen molar-refractivity contribution in [3.63, 3.8) is 0 Å². The molecule has 0 aliphatic rings. The molecule has 2 rings (SSSR count). The van der Waals surface area contributed by atoms with Crippen LogP contribution < -0.4 is 9.08 Å². The summed E-state index contributed by atoms with van der Waals surface area (Å²) >= 11 is 0. The van der Waals surface area contributed by atoms with Crippen molar-refractivity contribution < 1.29 is 35.3 Å². The molecule has 0 saturated carbocycles. The first-order valence-electron chi connectivity index (χ1n) is 8.08. The molecule has 10 heteroatoms. The number of carbonyl (C=O) groups is 1. The van der Waals surface area contributed by atoms with Gasteiger partial charge in [0.15, 0.2) is 5.75 Å². The molecule has 0 aromatic heterocycles. The van der Waals surface area contributed by atoms with Gasteiger partial charge < -0.3 is 8.92 Å². The molecule has 0 fully saturated rings. The Balaban J connectivity index is 2.48. The molecule has 0 radical (unpaired) electrons. The number of hydrogen-bond donors (Lipinski definition) is 0. The highest BCUT2D eigenvalue weighted by Gasteiger charge is 2.49. The summed E-state index contributed by atoms with van der Waals surface area (Å²) in [4.78, 5) is 13.6. The summed E-state index contributed by atoms with van der Waals surface area (Å²) in [5.74, 6) is 3.35. The normalized spacial score (nSPS) is 11.3.